The average Bonchev–Trinajstić information content (AvgIpc) is 2.79. The minimum Gasteiger partial charge on any atom is -0.494 e. The number of hydrogen-bond donors (Lipinski definition) is 2. The highest BCUT2D eigenvalue weighted by Gasteiger charge is 2.16. The van der Waals surface area contributed by atoms with Crippen LogP contribution in [-0.4, -0.2) is 44.3 Å². The largest absolute Gasteiger partial charge is 0.494 e. The van der Waals surface area contributed by atoms with Crippen molar-refractivity contribution in [2.75, 3.05) is 23.6 Å². The SMILES string of the molecule is CC(=O)SCC(=O)c1ccc(NS(=O)(=O)c2ccc(OCCC3CCCCN3)cc2)cc1. The van der Waals surface area contributed by atoms with Gasteiger partial charge in [-0.2, -0.15) is 0 Å². The number of ketones is 1. The number of carbonyl (C=O) groups is 2. The molecular weight excluding hydrogens is 448 g/mol. The molecule has 0 aliphatic carbocycles. The van der Waals surface area contributed by atoms with Crippen LogP contribution < -0.4 is 14.8 Å². The van der Waals surface area contributed by atoms with Crippen LogP contribution in [0.2, 0.25) is 0 Å². The fourth-order valence-corrected chi connectivity index (χ4v) is 4.95. The van der Waals surface area contributed by atoms with E-state index in [1.54, 1.807) is 24.3 Å². The first-order valence-electron chi connectivity index (χ1n) is 10.6. The van der Waals surface area contributed by atoms with Crippen molar-refractivity contribution in [3.8, 4) is 5.75 Å². The molecule has 9 heteroatoms. The second-order valence-corrected chi connectivity index (χ2v) is 10.5. The van der Waals surface area contributed by atoms with E-state index >= 15 is 0 Å². The van der Waals surface area contributed by atoms with Crippen LogP contribution >= 0.6 is 11.8 Å². The quantitative estimate of drug-likeness (QED) is 0.502. The van der Waals surface area contributed by atoms with Gasteiger partial charge in [0.05, 0.1) is 17.3 Å². The van der Waals surface area contributed by atoms with Crippen molar-refractivity contribution in [3.05, 3.63) is 54.1 Å². The number of anilines is 1. The van der Waals surface area contributed by atoms with Crippen molar-refractivity contribution < 1.29 is 22.7 Å². The Labute approximate surface area is 193 Å². The second-order valence-electron chi connectivity index (χ2n) is 7.64. The molecular formula is C23H28N2O5S2. The molecule has 0 spiro atoms. The zero-order chi connectivity index (χ0) is 23.0. The first kappa shape index (κ1) is 24.3. The number of sulfonamides is 1. The van der Waals surface area contributed by atoms with E-state index in [0.29, 0.717) is 29.6 Å². The van der Waals surface area contributed by atoms with Crippen molar-refractivity contribution in [1.82, 2.24) is 5.32 Å². The summed E-state index contributed by atoms with van der Waals surface area (Å²) in [5, 5.41) is 3.35. The number of carbonyl (C=O) groups excluding carboxylic acids is 2. The zero-order valence-electron chi connectivity index (χ0n) is 18.0. The Morgan fingerprint density at radius 3 is 2.44 bits per heavy atom. The third kappa shape index (κ3) is 7.36. The van der Waals surface area contributed by atoms with E-state index in [4.69, 9.17) is 4.74 Å². The van der Waals surface area contributed by atoms with E-state index in [9.17, 15) is 18.0 Å². The lowest BCUT2D eigenvalue weighted by molar-refractivity contribution is -0.109. The summed E-state index contributed by atoms with van der Waals surface area (Å²) in [4.78, 5) is 23.1. The Hall–Kier alpha value is -2.36. The Kier molecular flexibility index (Phi) is 8.72. The molecule has 1 aliphatic heterocycles. The lowest BCUT2D eigenvalue weighted by Gasteiger charge is -2.23. The molecule has 0 amide bonds. The van der Waals surface area contributed by atoms with E-state index in [2.05, 4.69) is 10.0 Å². The minimum atomic E-state index is -3.77. The number of ether oxygens (including phenoxy) is 1. The highest BCUT2D eigenvalue weighted by atomic mass is 32.2. The van der Waals surface area contributed by atoms with Crippen molar-refractivity contribution in [2.24, 2.45) is 0 Å². The molecule has 32 heavy (non-hydrogen) atoms. The maximum atomic E-state index is 12.7. The Morgan fingerprint density at radius 2 is 1.81 bits per heavy atom. The Balaban J connectivity index is 1.53. The van der Waals surface area contributed by atoms with E-state index in [1.165, 1.54) is 50.5 Å². The molecule has 0 bridgehead atoms. The molecule has 1 fully saturated rings. The molecule has 0 radical (unpaired) electrons. The summed E-state index contributed by atoms with van der Waals surface area (Å²) in [5.41, 5.74) is 0.771. The number of hydrogen-bond acceptors (Lipinski definition) is 7. The fourth-order valence-electron chi connectivity index (χ4n) is 3.39. The molecule has 1 atom stereocenters. The van der Waals surface area contributed by atoms with Crippen molar-refractivity contribution in [3.63, 3.8) is 0 Å². The van der Waals surface area contributed by atoms with Crippen molar-refractivity contribution >= 4 is 38.4 Å². The molecule has 172 valence electrons. The predicted octanol–water partition coefficient (Wildman–Crippen LogP) is 3.86. The van der Waals surface area contributed by atoms with E-state index < -0.39 is 10.0 Å². The van der Waals surface area contributed by atoms with Crippen molar-refractivity contribution in [1.29, 1.82) is 0 Å². The van der Waals surface area contributed by atoms with Crippen LogP contribution in [0, 0.1) is 0 Å². The van der Waals surface area contributed by atoms with Gasteiger partial charge in [-0.15, -0.1) is 0 Å². The van der Waals surface area contributed by atoms with Crippen LogP contribution in [0.3, 0.4) is 0 Å². The number of benzene rings is 2. The van der Waals surface area contributed by atoms with E-state index in [-0.39, 0.29) is 21.5 Å². The topological polar surface area (TPSA) is 102 Å². The number of thioether (sulfide) groups is 1. The number of piperidine rings is 1. The van der Waals surface area contributed by atoms with Crippen LogP contribution in [0.5, 0.6) is 5.75 Å². The molecule has 7 nitrogen and oxygen atoms in total. The summed E-state index contributed by atoms with van der Waals surface area (Å²) < 4.78 is 33.6. The van der Waals surface area contributed by atoms with Gasteiger partial charge >= 0.3 is 0 Å². The molecule has 3 rings (SSSR count). The first-order chi connectivity index (χ1) is 15.3. The smallest absolute Gasteiger partial charge is 0.261 e. The van der Waals surface area contributed by atoms with Crippen LogP contribution in [-0.2, 0) is 14.8 Å². The second kappa shape index (κ2) is 11.5. The lowest BCUT2D eigenvalue weighted by atomic mass is 10.0. The van der Waals surface area contributed by atoms with Gasteiger partial charge in [-0.3, -0.25) is 14.3 Å². The highest BCUT2D eigenvalue weighted by Crippen LogP contribution is 2.21. The Bertz CT molecular complexity index is 1020. The van der Waals surface area contributed by atoms with Gasteiger partial charge in [0.15, 0.2) is 10.9 Å². The summed E-state index contributed by atoms with van der Waals surface area (Å²) in [7, 11) is -3.77. The molecule has 2 N–H and O–H groups in total. The van der Waals surface area contributed by atoms with Crippen LogP contribution in [0.1, 0.15) is 43.0 Å². The first-order valence-corrected chi connectivity index (χ1v) is 13.1. The third-order valence-corrected chi connectivity index (χ3v) is 7.36. The Morgan fingerprint density at radius 1 is 1.09 bits per heavy atom. The predicted molar refractivity (Wildman–Crippen MR) is 127 cm³/mol. The van der Waals surface area contributed by atoms with Gasteiger partial charge in [-0.1, -0.05) is 18.2 Å². The maximum Gasteiger partial charge on any atom is 0.261 e. The maximum absolute atomic E-state index is 12.7. The van der Waals surface area contributed by atoms with Gasteiger partial charge in [-0.25, -0.2) is 8.42 Å². The third-order valence-electron chi connectivity index (χ3n) is 5.15. The molecule has 1 unspecified atom stereocenters. The number of Topliss-reactive ketones (excluding diaryl/α,β-unsaturated/α-hetero) is 1. The van der Waals surface area contributed by atoms with E-state index in [1.807, 2.05) is 0 Å². The van der Waals surface area contributed by atoms with Gasteiger partial charge in [-0.05, 0) is 74.3 Å². The summed E-state index contributed by atoms with van der Waals surface area (Å²) >= 11 is 0.945. The highest BCUT2D eigenvalue weighted by molar-refractivity contribution is 8.14. The molecule has 0 saturated carbocycles. The normalized spacial score (nSPS) is 16.3. The molecule has 2 aromatic rings. The molecule has 0 aromatic heterocycles. The van der Waals surface area contributed by atoms with Gasteiger partial charge in [0.1, 0.15) is 5.75 Å². The minimum absolute atomic E-state index is 0.0615. The van der Waals surface area contributed by atoms with Gasteiger partial charge in [0, 0.05) is 24.2 Å². The summed E-state index contributed by atoms with van der Waals surface area (Å²) in [6.07, 6.45) is 4.56. The molecule has 2 aromatic carbocycles. The number of nitrogens with one attached hydrogen (secondary N) is 2. The summed E-state index contributed by atoms with van der Waals surface area (Å²) in [6, 6.07) is 12.9. The summed E-state index contributed by atoms with van der Waals surface area (Å²) in [6.45, 7) is 3.05. The van der Waals surface area contributed by atoms with Crippen LogP contribution in [0.25, 0.3) is 0 Å². The fraction of sp³-hybridized carbons (Fsp3) is 0.391. The van der Waals surface area contributed by atoms with Gasteiger partial charge in [0.2, 0.25) is 0 Å². The standard InChI is InChI=1S/C23H28N2O5S2/c1-17(26)31-16-23(27)18-5-7-20(8-6-18)25-32(28,29)22-11-9-21(10-12-22)30-15-13-19-4-2-3-14-24-19/h5-12,19,24-25H,2-4,13-16H2,1H3. The van der Waals surface area contributed by atoms with Crippen molar-refractivity contribution in [2.45, 2.75) is 43.5 Å². The average molecular weight is 477 g/mol. The monoisotopic (exact) mass is 476 g/mol. The number of rotatable bonds is 10. The van der Waals surface area contributed by atoms with Crippen LogP contribution in [0.15, 0.2) is 53.4 Å². The lowest BCUT2D eigenvalue weighted by Crippen LogP contribution is -2.35. The zero-order valence-corrected chi connectivity index (χ0v) is 19.6. The summed E-state index contributed by atoms with van der Waals surface area (Å²) in [5.74, 6) is 0.506. The van der Waals surface area contributed by atoms with E-state index in [0.717, 1.165) is 24.7 Å². The molecule has 1 saturated heterocycles. The van der Waals surface area contributed by atoms with Crippen LogP contribution in [0.4, 0.5) is 5.69 Å². The van der Waals surface area contributed by atoms with Gasteiger partial charge in [0.25, 0.3) is 10.0 Å². The molecule has 1 heterocycles. The molecule has 1 aliphatic rings. The van der Waals surface area contributed by atoms with Gasteiger partial charge < -0.3 is 10.1 Å².